The number of alkyl halides is 3. The second-order valence-corrected chi connectivity index (χ2v) is 8.39. The number of hydrogen-bond acceptors (Lipinski definition) is 6. The van der Waals surface area contributed by atoms with Gasteiger partial charge in [-0.25, -0.2) is 8.42 Å². The molecule has 1 aromatic heterocycles. The van der Waals surface area contributed by atoms with Crippen molar-refractivity contribution in [2.45, 2.75) is 25.6 Å². The minimum absolute atomic E-state index is 0.0534. The lowest BCUT2D eigenvalue weighted by molar-refractivity contribution is -0.137. The summed E-state index contributed by atoms with van der Waals surface area (Å²) in [4.78, 5) is 2.63. The van der Waals surface area contributed by atoms with Gasteiger partial charge in [0, 0.05) is 12.6 Å². The van der Waals surface area contributed by atoms with E-state index in [4.69, 9.17) is 0 Å². The van der Waals surface area contributed by atoms with Crippen molar-refractivity contribution in [3.8, 4) is 11.8 Å². The molecular weight excluding hydrogens is 383 g/mol. The molecule has 7 nitrogen and oxygen atoms in total. The number of aromatic nitrogens is 3. The summed E-state index contributed by atoms with van der Waals surface area (Å²) in [5, 5.41) is 17.5. The highest BCUT2D eigenvalue weighted by molar-refractivity contribution is 7.91. The van der Waals surface area contributed by atoms with Crippen LogP contribution in [0.4, 0.5) is 19.0 Å². The van der Waals surface area contributed by atoms with E-state index in [0.717, 1.165) is 16.9 Å². The van der Waals surface area contributed by atoms with E-state index in [9.17, 15) is 26.9 Å². The highest BCUT2D eigenvalue weighted by Gasteiger charge is 2.35. The van der Waals surface area contributed by atoms with Crippen LogP contribution in [-0.2, 0) is 16.0 Å². The highest BCUT2D eigenvalue weighted by atomic mass is 32.2. The maximum Gasteiger partial charge on any atom is 0.416 e. The van der Waals surface area contributed by atoms with Crippen LogP contribution < -0.4 is 4.90 Å². The van der Waals surface area contributed by atoms with Crippen LogP contribution >= 0.6 is 0 Å². The largest absolute Gasteiger partial charge is 0.416 e. The summed E-state index contributed by atoms with van der Waals surface area (Å²) < 4.78 is 62.3. The lowest BCUT2D eigenvalue weighted by Gasteiger charge is -2.26. The lowest BCUT2D eigenvalue weighted by atomic mass is 10.2. The summed E-state index contributed by atoms with van der Waals surface area (Å²) in [5.41, 5.74) is -0.868. The number of anilines is 1. The number of hydrogen-bond donors (Lipinski definition) is 0. The molecule has 1 unspecified atom stereocenters. The fourth-order valence-electron chi connectivity index (χ4n) is 3.09. The van der Waals surface area contributed by atoms with Crippen molar-refractivity contribution >= 4 is 15.7 Å². The molecule has 27 heavy (non-hydrogen) atoms. The van der Waals surface area contributed by atoms with E-state index < -0.39 is 21.6 Å². The summed E-state index contributed by atoms with van der Waals surface area (Å²) in [6, 6.07) is 5.98. The van der Waals surface area contributed by atoms with Crippen LogP contribution in [0.2, 0.25) is 0 Å². The molecule has 0 aliphatic carbocycles. The molecule has 1 saturated heterocycles. The molecule has 3 rings (SSSR count). The van der Waals surface area contributed by atoms with E-state index >= 15 is 0 Å². The summed E-state index contributed by atoms with van der Waals surface area (Å²) in [7, 11) is -3.15. The number of nitriles is 1. The lowest BCUT2D eigenvalue weighted by Crippen LogP contribution is -2.37. The standard InChI is InChI=1S/C16H16F3N5O2S/c1-2-23(13-6-7-27(25,26)10-13)15-14(9-20)21-24(22-15)12-5-3-4-11(8-12)16(17,18)19/h3-5,8,13H,2,6-7,10H2,1H3. The molecule has 0 spiro atoms. The van der Waals surface area contributed by atoms with Crippen LogP contribution in [0.25, 0.3) is 5.69 Å². The van der Waals surface area contributed by atoms with Gasteiger partial charge in [0.05, 0.1) is 22.8 Å². The number of sulfone groups is 1. The Balaban J connectivity index is 2.00. The van der Waals surface area contributed by atoms with E-state index in [2.05, 4.69) is 10.2 Å². The number of nitrogens with zero attached hydrogens (tertiary/aromatic N) is 5. The third kappa shape index (κ3) is 3.90. The van der Waals surface area contributed by atoms with Crippen LogP contribution in [0.3, 0.4) is 0 Å². The number of halogens is 3. The van der Waals surface area contributed by atoms with Crippen molar-refractivity contribution in [3.05, 3.63) is 35.5 Å². The predicted octanol–water partition coefficient (Wildman–Crippen LogP) is 2.17. The quantitative estimate of drug-likeness (QED) is 0.783. The Hall–Kier alpha value is -2.61. The molecule has 1 atom stereocenters. The fraction of sp³-hybridized carbons (Fsp3) is 0.438. The monoisotopic (exact) mass is 399 g/mol. The van der Waals surface area contributed by atoms with Gasteiger partial charge in [-0.05, 0) is 31.5 Å². The molecule has 1 aliphatic rings. The molecule has 1 fully saturated rings. The Morgan fingerprint density at radius 3 is 2.67 bits per heavy atom. The van der Waals surface area contributed by atoms with Gasteiger partial charge in [-0.3, -0.25) is 0 Å². The third-order valence-corrected chi connectivity index (χ3v) is 6.12. The topological polar surface area (TPSA) is 91.9 Å². The molecule has 0 N–H and O–H groups in total. The zero-order chi connectivity index (χ0) is 19.8. The first-order valence-corrected chi connectivity index (χ1v) is 9.99. The Morgan fingerprint density at radius 2 is 2.11 bits per heavy atom. The van der Waals surface area contributed by atoms with Crippen LogP contribution in [0.15, 0.2) is 24.3 Å². The van der Waals surface area contributed by atoms with Crippen molar-refractivity contribution < 1.29 is 21.6 Å². The van der Waals surface area contributed by atoms with Gasteiger partial charge in [0.15, 0.2) is 15.7 Å². The second kappa shape index (κ2) is 6.84. The number of rotatable bonds is 4. The van der Waals surface area contributed by atoms with Crippen LogP contribution in [0.5, 0.6) is 0 Å². The molecule has 144 valence electrons. The van der Waals surface area contributed by atoms with Gasteiger partial charge < -0.3 is 4.90 Å². The SMILES string of the molecule is CCN(c1nn(-c2cccc(C(F)(F)F)c2)nc1C#N)C1CCS(=O)(=O)C1. The Labute approximate surface area is 153 Å². The van der Waals surface area contributed by atoms with Crippen LogP contribution in [0, 0.1) is 11.3 Å². The summed E-state index contributed by atoms with van der Waals surface area (Å²) in [5.74, 6) is 0.166. The van der Waals surface area contributed by atoms with Gasteiger partial charge in [-0.15, -0.1) is 15.0 Å². The number of benzene rings is 1. The molecule has 1 aliphatic heterocycles. The first kappa shape index (κ1) is 19.2. The van der Waals surface area contributed by atoms with E-state index in [1.807, 2.05) is 6.07 Å². The summed E-state index contributed by atoms with van der Waals surface area (Å²) in [6.45, 7) is 2.17. The maximum atomic E-state index is 12.9. The zero-order valence-electron chi connectivity index (χ0n) is 14.3. The Kier molecular flexibility index (Phi) is 4.86. The molecule has 0 radical (unpaired) electrons. The normalized spacial score (nSPS) is 19.0. The average molecular weight is 399 g/mol. The van der Waals surface area contributed by atoms with Gasteiger partial charge in [-0.1, -0.05) is 6.07 Å². The van der Waals surface area contributed by atoms with Crippen molar-refractivity contribution in [1.29, 1.82) is 5.26 Å². The van der Waals surface area contributed by atoms with E-state index in [-0.39, 0.29) is 34.7 Å². The molecule has 0 saturated carbocycles. The maximum absolute atomic E-state index is 12.9. The van der Waals surface area contributed by atoms with E-state index in [1.165, 1.54) is 12.1 Å². The Morgan fingerprint density at radius 1 is 1.37 bits per heavy atom. The predicted molar refractivity (Wildman–Crippen MR) is 91.2 cm³/mol. The second-order valence-electron chi connectivity index (χ2n) is 6.16. The van der Waals surface area contributed by atoms with Crippen molar-refractivity contribution in [3.63, 3.8) is 0 Å². The average Bonchev–Trinajstić information content (AvgIpc) is 3.19. The molecule has 2 aromatic rings. The van der Waals surface area contributed by atoms with Gasteiger partial charge in [0.2, 0.25) is 5.69 Å². The van der Waals surface area contributed by atoms with Crippen molar-refractivity contribution in [2.75, 3.05) is 23.0 Å². The van der Waals surface area contributed by atoms with E-state index in [0.29, 0.717) is 13.0 Å². The first-order chi connectivity index (χ1) is 12.6. The molecule has 2 heterocycles. The van der Waals surface area contributed by atoms with Gasteiger partial charge >= 0.3 is 6.18 Å². The molecule has 1 aromatic carbocycles. The molecule has 11 heteroatoms. The van der Waals surface area contributed by atoms with Crippen molar-refractivity contribution in [1.82, 2.24) is 15.0 Å². The van der Waals surface area contributed by atoms with Crippen LogP contribution in [0.1, 0.15) is 24.6 Å². The third-order valence-electron chi connectivity index (χ3n) is 4.37. The smallest absolute Gasteiger partial charge is 0.349 e. The Bertz CT molecular complexity index is 994. The van der Waals surface area contributed by atoms with Crippen molar-refractivity contribution in [2.24, 2.45) is 0 Å². The van der Waals surface area contributed by atoms with Gasteiger partial charge in [0.25, 0.3) is 0 Å². The highest BCUT2D eigenvalue weighted by Crippen LogP contribution is 2.31. The zero-order valence-corrected chi connectivity index (χ0v) is 15.1. The molecular formula is C16H16F3N5O2S. The fourth-order valence-corrected chi connectivity index (χ4v) is 4.82. The minimum atomic E-state index is -4.52. The summed E-state index contributed by atoms with van der Waals surface area (Å²) in [6.07, 6.45) is -4.12. The first-order valence-electron chi connectivity index (χ1n) is 8.17. The van der Waals surface area contributed by atoms with Gasteiger partial charge in [0.1, 0.15) is 6.07 Å². The minimum Gasteiger partial charge on any atom is -0.349 e. The molecule has 0 amide bonds. The van der Waals surface area contributed by atoms with E-state index in [1.54, 1.807) is 11.8 Å². The van der Waals surface area contributed by atoms with Crippen LogP contribution in [-0.4, -0.2) is 47.5 Å². The van der Waals surface area contributed by atoms with Gasteiger partial charge in [-0.2, -0.15) is 18.4 Å². The summed E-state index contributed by atoms with van der Waals surface area (Å²) >= 11 is 0. The molecule has 0 bridgehead atoms.